The Kier molecular flexibility index (Phi) is 7.04. The molecule has 1 atom stereocenters. The average molecular weight is 232 g/mol. The van der Waals surface area contributed by atoms with E-state index in [0.29, 0.717) is 6.61 Å². The Hall–Kier alpha value is -1.37. The van der Waals surface area contributed by atoms with Gasteiger partial charge in [-0.15, -0.1) is 0 Å². The van der Waals surface area contributed by atoms with E-state index in [4.69, 9.17) is 10.00 Å². The third kappa shape index (κ3) is 6.06. The van der Waals surface area contributed by atoms with E-state index in [9.17, 15) is 0 Å². The van der Waals surface area contributed by atoms with Crippen LogP contribution in [0.3, 0.4) is 0 Å². The van der Waals surface area contributed by atoms with Crippen LogP contribution in [0.1, 0.15) is 25.3 Å². The maximum atomic E-state index is 8.69. The number of rotatable bonds is 8. The summed E-state index contributed by atoms with van der Waals surface area (Å²) in [7, 11) is 0. The van der Waals surface area contributed by atoms with Gasteiger partial charge in [0.05, 0.1) is 6.07 Å². The largest absolute Gasteiger partial charge is 0.363 e. The summed E-state index contributed by atoms with van der Waals surface area (Å²) < 4.78 is 5.39. The van der Waals surface area contributed by atoms with Crippen molar-refractivity contribution >= 4 is 0 Å². The van der Waals surface area contributed by atoms with E-state index in [0.717, 1.165) is 25.9 Å². The Bertz CT molecular complexity index is 332. The number of hydrogen-bond donors (Lipinski definition) is 1. The van der Waals surface area contributed by atoms with Crippen LogP contribution in [0, 0.1) is 11.3 Å². The summed E-state index contributed by atoms with van der Waals surface area (Å²) in [5, 5.41) is 12.0. The molecule has 0 fully saturated rings. The molecule has 0 aliphatic heterocycles. The highest BCUT2D eigenvalue weighted by atomic mass is 16.5. The van der Waals surface area contributed by atoms with Gasteiger partial charge >= 0.3 is 0 Å². The first kappa shape index (κ1) is 13.7. The van der Waals surface area contributed by atoms with E-state index in [1.165, 1.54) is 5.56 Å². The van der Waals surface area contributed by atoms with Gasteiger partial charge in [-0.3, -0.25) is 0 Å². The van der Waals surface area contributed by atoms with Gasteiger partial charge in [0.1, 0.15) is 6.10 Å². The highest BCUT2D eigenvalue weighted by Crippen LogP contribution is 1.98. The minimum absolute atomic E-state index is 0.246. The zero-order chi connectivity index (χ0) is 12.3. The maximum Gasteiger partial charge on any atom is 0.143 e. The molecule has 0 aliphatic carbocycles. The quantitative estimate of drug-likeness (QED) is 0.700. The Morgan fingerprint density at radius 3 is 2.76 bits per heavy atom. The smallest absolute Gasteiger partial charge is 0.143 e. The summed E-state index contributed by atoms with van der Waals surface area (Å²) in [6.45, 7) is 4.41. The van der Waals surface area contributed by atoms with Crippen molar-refractivity contribution in [2.75, 3.05) is 13.2 Å². The van der Waals surface area contributed by atoms with Gasteiger partial charge in [0.25, 0.3) is 0 Å². The topological polar surface area (TPSA) is 45.0 Å². The SMILES string of the molecule is CCC(C#N)OCCCNCc1ccccc1. The normalized spacial score (nSPS) is 12.0. The molecule has 1 unspecified atom stereocenters. The number of ether oxygens (including phenoxy) is 1. The van der Waals surface area contributed by atoms with Crippen molar-refractivity contribution < 1.29 is 4.74 Å². The lowest BCUT2D eigenvalue weighted by Crippen LogP contribution is -2.18. The second kappa shape index (κ2) is 8.74. The molecule has 3 nitrogen and oxygen atoms in total. The molecular formula is C14H20N2O. The number of nitriles is 1. The fourth-order valence-electron chi connectivity index (χ4n) is 1.50. The molecule has 0 amide bonds. The van der Waals surface area contributed by atoms with Crippen LogP contribution in [-0.4, -0.2) is 19.3 Å². The lowest BCUT2D eigenvalue weighted by atomic mass is 10.2. The summed E-state index contributed by atoms with van der Waals surface area (Å²) in [5.41, 5.74) is 1.29. The van der Waals surface area contributed by atoms with Crippen LogP contribution in [-0.2, 0) is 11.3 Å². The lowest BCUT2D eigenvalue weighted by Gasteiger charge is -2.08. The molecule has 0 spiro atoms. The number of nitrogens with zero attached hydrogens (tertiary/aromatic N) is 1. The van der Waals surface area contributed by atoms with Gasteiger partial charge in [0.2, 0.25) is 0 Å². The molecule has 0 saturated heterocycles. The van der Waals surface area contributed by atoms with Crippen LogP contribution in [0.25, 0.3) is 0 Å². The molecule has 17 heavy (non-hydrogen) atoms. The average Bonchev–Trinajstić information content (AvgIpc) is 2.39. The second-order valence-corrected chi connectivity index (χ2v) is 3.91. The van der Waals surface area contributed by atoms with Gasteiger partial charge in [0, 0.05) is 13.2 Å². The standard InChI is InChI=1S/C14H20N2O/c1-2-14(11-15)17-10-6-9-16-12-13-7-4-3-5-8-13/h3-5,7-8,14,16H,2,6,9-10,12H2,1H3. The van der Waals surface area contributed by atoms with Gasteiger partial charge in [0.15, 0.2) is 0 Å². The van der Waals surface area contributed by atoms with Crippen LogP contribution in [0.5, 0.6) is 0 Å². The van der Waals surface area contributed by atoms with Gasteiger partial charge < -0.3 is 10.1 Å². The summed E-state index contributed by atoms with van der Waals surface area (Å²) in [5.74, 6) is 0. The van der Waals surface area contributed by atoms with E-state index < -0.39 is 0 Å². The van der Waals surface area contributed by atoms with Crippen molar-refractivity contribution in [2.45, 2.75) is 32.4 Å². The summed E-state index contributed by atoms with van der Waals surface area (Å²) in [4.78, 5) is 0. The van der Waals surface area contributed by atoms with Crippen molar-refractivity contribution in [2.24, 2.45) is 0 Å². The molecule has 0 heterocycles. The molecule has 0 aromatic heterocycles. The van der Waals surface area contributed by atoms with Gasteiger partial charge in [-0.2, -0.15) is 5.26 Å². The van der Waals surface area contributed by atoms with Gasteiger partial charge in [-0.05, 0) is 24.9 Å². The third-order valence-corrected chi connectivity index (χ3v) is 2.50. The summed E-state index contributed by atoms with van der Waals surface area (Å²) >= 11 is 0. The minimum atomic E-state index is -0.246. The van der Waals surface area contributed by atoms with Gasteiger partial charge in [-0.1, -0.05) is 37.3 Å². The summed E-state index contributed by atoms with van der Waals surface area (Å²) in [6, 6.07) is 12.4. The Balaban J connectivity index is 2.00. The van der Waals surface area contributed by atoms with Crippen LogP contribution < -0.4 is 5.32 Å². The molecule has 1 N–H and O–H groups in total. The predicted molar refractivity (Wildman–Crippen MR) is 68.4 cm³/mol. The van der Waals surface area contributed by atoms with Crippen molar-refractivity contribution in [3.63, 3.8) is 0 Å². The van der Waals surface area contributed by atoms with E-state index in [-0.39, 0.29) is 6.10 Å². The predicted octanol–water partition coefficient (Wildman–Crippen LogP) is 2.49. The first-order valence-corrected chi connectivity index (χ1v) is 6.12. The molecule has 0 aliphatic rings. The molecule has 3 heteroatoms. The maximum absolute atomic E-state index is 8.69. The molecular weight excluding hydrogens is 212 g/mol. The monoisotopic (exact) mass is 232 g/mol. The second-order valence-electron chi connectivity index (χ2n) is 3.91. The van der Waals surface area contributed by atoms with Crippen LogP contribution >= 0.6 is 0 Å². The molecule has 1 aromatic rings. The van der Waals surface area contributed by atoms with E-state index >= 15 is 0 Å². The zero-order valence-corrected chi connectivity index (χ0v) is 10.4. The van der Waals surface area contributed by atoms with Crippen molar-refractivity contribution in [1.29, 1.82) is 5.26 Å². The highest BCUT2D eigenvalue weighted by molar-refractivity contribution is 5.14. The van der Waals surface area contributed by atoms with Crippen molar-refractivity contribution in [3.8, 4) is 6.07 Å². The third-order valence-electron chi connectivity index (χ3n) is 2.50. The first-order valence-electron chi connectivity index (χ1n) is 6.12. The van der Waals surface area contributed by atoms with Crippen LogP contribution in [0.4, 0.5) is 0 Å². The molecule has 92 valence electrons. The van der Waals surface area contributed by atoms with Gasteiger partial charge in [-0.25, -0.2) is 0 Å². The Morgan fingerprint density at radius 2 is 2.12 bits per heavy atom. The molecule has 1 aromatic carbocycles. The van der Waals surface area contributed by atoms with E-state index in [2.05, 4.69) is 23.5 Å². The highest BCUT2D eigenvalue weighted by Gasteiger charge is 2.02. The van der Waals surface area contributed by atoms with Crippen LogP contribution in [0.2, 0.25) is 0 Å². The minimum Gasteiger partial charge on any atom is -0.363 e. The Morgan fingerprint density at radius 1 is 1.35 bits per heavy atom. The Labute approximate surface area is 103 Å². The molecule has 0 saturated carbocycles. The molecule has 1 rings (SSSR count). The van der Waals surface area contributed by atoms with Crippen molar-refractivity contribution in [3.05, 3.63) is 35.9 Å². The molecule has 0 radical (unpaired) electrons. The van der Waals surface area contributed by atoms with E-state index in [1.54, 1.807) is 0 Å². The number of hydrogen-bond acceptors (Lipinski definition) is 3. The van der Waals surface area contributed by atoms with E-state index in [1.807, 2.05) is 25.1 Å². The number of benzene rings is 1. The van der Waals surface area contributed by atoms with Crippen LogP contribution in [0.15, 0.2) is 30.3 Å². The van der Waals surface area contributed by atoms with Crippen molar-refractivity contribution in [1.82, 2.24) is 5.32 Å². The fraction of sp³-hybridized carbons (Fsp3) is 0.500. The first-order chi connectivity index (χ1) is 8.36. The summed E-state index contributed by atoms with van der Waals surface area (Å²) in [6.07, 6.45) is 1.45. The molecule has 0 bridgehead atoms. The number of nitrogens with one attached hydrogen (secondary N) is 1. The zero-order valence-electron chi connectivity index (χ0n) is 10.4. The lowest BCUT2D eigenvalue weighted by molar-refractivity contribution is 0.0857. The fourth-order valence-corrected chi connectivity index (χ4v) is 1.50.